The number of halogens is 2. The first kappa shape index (κ1) is 16.6. The second-order valence-electron chi connectivity index (χ2n) is 5.26. The largest absolute Gasteiger partial charge is 0.466 e. The van der Waals surface area contributed by atoms with Crippen LogP contribution in [0.15, 0.2) is 18.2 Å². The van der Waals surface area contributed by atoms with E-state index in [1.807, 2.05) is 19.1 Å². The van der Waals surface area contributed by atoms with Crippen molar-refractivity contribution in [2.45, 2.75) is 38.6 Å². The van der Waals surface area contributed by atoms with Crippen LogP contribution < -0.4 is 0 Å². The van der Waals surface area contributed by atoms with Crippen LogP contribution in [0, 0.1) is 0 Å². The van der Waals surface area contributed by atoms with Gasteiger partial charge < -0.3 is 4.74 Å². The Balaban J connectivity index is 2.25. The fourth-order valence-corrected chi connectivity index (χ4v) is 3.26. The average molecular weight is 330 g/mol. The minimum Gasteiger partial charge on any atom is -0.466 e. The Kier molecular flexibility index (Phi) is 6.34. The summed E-state index contributed by atoms with van der Waals surface area (Å²) in [5.41, 5.74) is 0.916. The van der Waals surface area contributed by atoms with Gasteiger partial charge in [0.1, 0.15) is 0 Å². The first-order valence-electron chi connectivity index (χ1n) is 7.47. The van der Waals surface area contributed by atoms with Gasteiger partial charge in [-0.15, -0.1) is 0 Å². The molecular formula is C16H21Cl2NO2. The third-order valence-corrected chi connectivity index (χ3v) is 4.67. The van der Waals surface area contributed by atoms with Gasteiger partial charge in [-0.1, -0.05) is 41.8 Å². The lowest BCUT2D eigenvalue weighted by Crippen LogP contribution is -2.35. The summed E-state index contributed by atoms with van der Waals surface area (Å²) in [5.74, 6) is -0.191. The topological polar surface area (TPSA) is 29.5 Å². The normalized spacial score (nSPS) is 17.5. The Morgan fingerprint density at radius 3 is 2.67 bits per heavy atom. The Morgan fingerprint density at radius 2 is 2.00 bits per heavy atom. The van der Waals surface area contributed by atoms with Crippen molar-refractivity contribution in [3.63, 3.8) is 0 Å². The Labute approximate surface area is 136 Å². The molecule has 5 heteroatoms. The Bertz CT molecular complexity index is 487. The van der Waals surface area contributed by atoms with Crippen LogP contribution in [0.2, 0.25) is 10.0 Å². The van der Waals surface area contributed by atoms with Crippen LogP contribution in [0.4, 0.5) is 0 Å². The van der Waals surface area contributed by atoms with E-state index in [9.17, 15) is 4.79 Å². The fourth-order valence-electron chi connectivity index (χ4n) is 2.82. The molecule has 1 aromatic carbocycles. The lowest BCUT2D eigenvalue weighted by molar-refractivity contribution is -0.144. The SMILES string of the molecule is CCOC(=O)CC(c1cccc(Cl)c1Cl)N1CCCCC1. The van der Waals surface area contributed by atoms with Gasteiger partial charge in [0.25, 0.3) is 0 Å². The summed E-state index contributed by atoms with van der Waals surface area (Å²) in [6.45, 7) is 4.18. The molecule has 3 nitrogen and oxygen atoms in total. The first-order chi connectivity index (χ1) is 10.1. The van der Waals surface area contributed by atoms with Crippen LogP contribution in [0.5, 0.6) is 0 Å². The number of hydrogen-bond donors (Lipinski definition) is 0. The second kappa shape index (κ2) is 8.02. The molecule has 1 heterocycles. The van der Waals surface area contributed by atoms with E-state index in [0.29, 0.717) is 23.1 Å². The average Bonchev–Trinajstić information content (AvgIpc) is 2.49. The molecule has 1 aliphatic rings. The van der Waals surface area contributed by atoms with E-state index in [0.717, 1.165) is 31.5 Å². The van der Waals surface area contributed by atoms with E-state index in [4.69, 9.17) is 27.9 Å². The van der Waals surface area contributed by atoms with Gasteiger partial charge in [-0.25, -0.2) is 0 Å². The lowest BCUT2D eigenvalue weighted by Gasteiger charge is -2.35. The molecule has 0 spiro atoms. The van der Waals surface area contributed by atoms with Crippen LogP contribution in [-0.4, -0.2) is 30.6 Å². The van der Waals surface area contributed by atoms with Crippen molar-refractivity contribution >= 4 is 29.2 Å². The molecular weight excluding hydrogens is 309 g/mol. The molecule has 1 fully saturated rings. The molecule has 1 saturated heterocycles. The molecule has 0 bridgehead atoms. The van der Waals surface area contributed by atoms with Gasteiger partial charge in [-0.2, -0.15) is 0 Å². The number of ether oxygens (including phenoxy) is 1. The van der Waals surface area contributed by atoms with Crippen LogP contribution in [0.3, 0.4) is 0 Å². The van der Waals surface area contributed by atoms with E-state index >= 15 is 0 Å². The number of carbonyl (C=O) groups is 1. The van der Waals surface area contributed by atoms with Crippen molar-refractivity contribution in [3.8, 4) is 0 Å². The number of esters is 1. The third kappa shape index (κ3) is 4.35. The third-order valence-electron chi connectivity index (χ3n) is 3.84. The van der Waals surface area contributed by atoms with Gasteiger partial charge in [0.05, 0.1) is 23.1 Å². The van der Waals surface area contributed by atoms with Crippen molar-refractivity contribution < 1.29 is 9.53 Å². The monoisotopic (exact) mass is 329 g/mol. The zero-order valence-electron chi connectivity index (χ0n) is 12.3. The highest BCUT2D eigenvalue weighted by molar-refractivity contribution is 6.42. The van der Waals surface area contributed by atoms with Gasteiger partial charge in [0, 0.05) is 6.04 Å². The number of rotatable bonds is 5. The van der Waals surface area contributed by atoms with Crippen LogP contribution in [0.25, 0.3) is 0 Å². The zero-order valence-corrected chi connectivity index (χ0v) is 13.8. The predicted molar refractivity (Wildman–Crippen MR) is 85.9 cm³/mol. The van der Waals surface area contributed by atoms with Gasteiger partial charge >= 0.3 is 5.97 Å². The van der Waals surface area contributed by atoms with Gasteiger partial charge in [-0.3, -0.25) is 9.69 Å². The maximum absolute atomic E-state index is 11.9. The predicted octanol–water partition coefficient (Wildman–Crippen LogP) is 4.47. The highest BCUT2D eigenvalue weighted by Crippen LogP contribution is 2.36. The molecule has 2 rings (SSSR count). The summed E-state index contributed by atoms with van der Waals surface area (Å²) in [7, 11) is 0. The van der Waals surface area contributed by atoms with Crippen LogP contribution in [0.1, 0.15) is 44.2 Å². The molecule has 0 aromatic heterocycles. The highest BCUT2D eigenvalue weighted by atomic mass is 35.5. The maximum atomic E-state index is 11.9. The van der Waals surface area contributed by atoms with Crippen LogP contribution >= 0.6 is 23.2 Å². The lowest BCUT2D eigenvalue weighted by atomic mass is 9.99. The number of benzene rings is 1. The van der Waals surface area contributed by atoms with Crippen molar-refractivity contribution in [2.24, 2.45) is 0 Å². The minimum absolute atomic E-state index is 0.0597. The molecule has 1 atom stereocenters. The summed E-state index contributed by atoms with van der Waals surface area (Å²) >= 11 is 12.5. The van der Waals surface area contributed by atoms with Crippen molar-refractivity contribution in [1.82, 2.24) is 4.90 Å². The van der Waals surface area contributed by atoms with E-state index in [-0.39, 0.29) is 12.0 Å². The molecule has 1 aromatic rings. The fraction of sp³-hybridized carbons (Fsp3) is 0.562. The molecule has 0 N–H and O–H groups in total. The number of carbonyl (C=O) groups excluding carboxylic acids is 1. The van der Waals surface area contributed by atoms with Gasteiger partial charge in [-0.05, 0) is 44.5 Å². The molecule has 1 unspecified atom stereocenters. The molecule has 0 radical (unpaired) electrons. The number of nitrogens with zero attached hydrogens (tertiary/aromatic N) is 1. The van der Waals surface area contributed by atoms with E-state index in [2.05, 4.69) is 4.90 Å². The standard InChI is InChI=1S/C16H21Cl2NO2/c1-2-21-15(20)11-14(19-9-4-3-5-10-19)12-7-6-8-13(17)16(12)18/h6-8,14H,2-5,9-11H2,1H3. The van der Waals surface area contributed by atoms with Gasteiger partial charge in [0.2, 0.25) is 0 Å². The number of piperidine rings is 1. The summed E-state index contributed by atoms with van der Waals surface area (Å²) < 4.78 is 5.11. The summed E-state index contributed by atoms with van der Waals surface area (Å²) in [6, 6.07) is 5.54. The summed E-state index contributed by atoms with van der Waals surface area (Å²) in [5, 5.41) is 1.07. The quantitative estimate of drug-likeness (QED) is 0.746. The number of hydrogen-bond acceptors (Lipinski definition) is 3. The summed E-state index contributed by atoms with van der Waals surface area (Å²) in [4.78, 5) is 14.3. The molecule has 0 aliphatic carbocycles. The van der Waals surface area contributed by atoms with E-state index in [1.165, 1.54) is 6.42 Å². The first-order valence-corrected chi connectivity index (χ1v) is 8.22. The highest BCUT2D eigenvalue weighted by Gasteiger charge is 2.27. The van der Waals surface area contributed by atoms with Crippen molar-refractivity contribution in [3.05, 3.63) is 33.8 Å². The molecule has 21 heavy (non-hydrogen) atoms. The van der Waals surface area contributed by atoms with Crippen molar-refractivity contribution in [1.29, 1.82) is 0 Å². The maximum Gasteiger partial charge on any atom is 0.307 e. The zero-order chi connectivity index (χ0) is 15.2. The Morgan fingerprint density at radius 1 is 1.29 bits per heavy atom. The second-order valence-corrected chi connectivity index (χ2v) is 6.05. The Hall–Kier alpha value is -0.770. The molecule has 0 amide bonds. The van der Waals surface area contributed by atoms with E-state index < -0.39 is 0 Å². The summed E-state index contributed by atoms with van der Waals surface area (Å²) in [6.07, 6.45) is 3.86. The molecule has 116 valence electrons. The van der Waals surface area contributed by atoms with Gasteiger partial charge in [0.15, 0.2) is 0 Å². The molecule has 0 saturated carbocycles. The van der Waals surface area contributed by atoms with E-state index in [1.54, 1.807) is 6.07 Å². The smallest absolute Gasteiger partial charge is 0.307 e. The molecule has 1 aliphatic heterocycles. The van der Waals surface area contributed by atoms with Crippen LogP contribution in [-0.2, 0) is 9.53 Å². The van der Waals surface area contributed by atoms with Crippen molar-refractivity contribution in [2.75, 3.05) is 19.7 Å². The minimum atomic E-state index is -0.191. The number of likely N-dealkylation sites (tertiary alicyclic amines) is 1.